The summed E-state index contributed by atoms with van der Waals surface area (Å²) in [6.45, 7) is 0.868. The summed E-state index contributed by atoms with van der Waals surface area (Å²) in [5.74, 6) is -1.29. The number of hydrogen-bond acceptors (Lipinski definition) is 4. The van der Waals surface area contributed by atoms with Crippen LogP contribution < -0.4 is 10.6 Å². The minimum atomic E-state index is -3.61. The Morgan fingerprint density at radius 3 is 2.52 bits per heavy atom. The van der Waals surface area contributed by atoms with Gasteiger partial charge < -0.3 is 10.6 Å². The molecule has 0 aliphatic carbocycles. The second kappa shape index (κ2) is 6.02. The average molecular weight is 379 g/mol. The normalized spacial score (nSPS) is 18.2. The molecule has 2 rings (SSSR count). The number of rotatable bonds is 3. The number of anilines is 1. The van der Waals surface area contributed by atoms with Gasteiger partial charge in [-0.05, 0) is 44.1 Å². The molecule has 1 fully saturated rings. The van der Waals surface area contributed by atoms with Crippen molar-refractivity contribution in [1.29, 1.82) is 0 Å². The average Bonchev–Trinajstić information content (AvgIpc) is 2.41. The molecule has 0 radical (unpaired) electrons. The fraction of sp³-hybridized carbons (Fsp3) is 0.462. The van der Waals surface area contributed by atoms with Crippen LogP contribution in [0, 0.1) is 5.82 Å². The van der Waals surface area contributed by atoms with Crippen LogP contribution >= 0.6 is 15.9 Å². The Bertz CT molecular complexity index is 657. The molecule has 8 heteroatoms. The molecule has 1 aromatic rings. The molecular formula is C13H16BrFN2O3S. The quantitative estimate of drug-likeness (QED) is 0.838. The molecular weight excluding hydrogens is 363 g/mol. The van der Waals surface area contributed by atoms with E-state index >= 15 is 0 Å². The van der Waals surface area contributed by atoms with Crippen LogP contribution in [0.2, 0.25) is 0 Å². The van der Waals surface area contributed by atoms with Crippen molar-refractivity contribution in [2.24, 2.45) is 0 Å². The summed E-state index contributed by atoms with van der Waals surface area (Å²) in [4.78, 5) is 12.5. The number of sulfone groups is 1. The van der Waals surface area contributed by atoms with Crippen LogP contribution in [0.25, 0.3) is 0 Å². The van der Waals surface area contributed by atoms with Crippen molar-refractivity contribution in [2.45, 2.75) is 17.6 Å². The van der Waals surface area contributed by atoms with Gasteiger partial charge in [0, 0.05) is 10.7 Å². The highest BCUT2D eigenvalue weighted by Gasteiger charge is 2.48. The van der Waals surface area contributed by atoms with E-state index in [-0.39, 0.29) is 18.5 Å². The Balaban J connectivity index is 2.31. The van der Waals surface area contributed by atoms with E-state index in [0.29, 0.717) is 17.6 Å². The second-order valence-corrected chi connectivity index (χ2v) is 8.34. The third kappa shape index (κ3) is 3.27. The van der Waals surface area contributed by atoms with E-state index in [1.165, 1.54) is 12.1 Å². The first-order chi connectivity index (χ1) is 9.76. The van der Waals surface area contributed by atoms with E-state index in [0.717, 1.165) is 6.26 Å². The number of carbonyl (C=O) groups is 1. The molecule has 0 saturated carbocycles. The number of hydrogen-bond donors (Lipinski definition) is 2. The zero-order valence-corrected chi connectivity index (χ0v) is 13.9. The van der Waals surface area contributed by atoms with Gasteiger partial charge in [-0.1, -0.05) is 15.9 Å². The molecule has 0 aromatic heterocycles. The molecule has 0 unspecified atom stereocenters. The lowest BCUT2D eigenvalue weighted by molar-refractivity contribution is -0.119. The van der Waals surface area contributed by atoms with Crippen LogP contribution in [-0.4, -0.2) is 38.4 Å². The maximum absolute atomic E-state index is 13.8. The molecule has 1 heterocycles. The molecule has 1 aliphatic heterocycles. The van der Waals surface area contributed by atoms with Crippen molar-refractivity contribution in [2.75, 3.05) is 24.7 Å². The van der Waals surface area contributed by atoms with Gasteiger partial charge in [0.2, 0.25) is 5.91 Å². The second-order valence-electron chi connectivity index (χ2n) is 5.09. The molecule has 0 atom stereocenters. The van der Waals surface area contributed by atoms with Gasteiger partial charge in [-0.3, -0.25) is 4.79 Å². The first kappa shape index (κ1) is 16.4. The Hall–Kier alpha value is -0.990. The van der Waals surface area contributed by atoms with Gasteiger partial charge in [0.05, 0.1) is 5.69 Å². The molecule has 116 valence electrons. The fourth-order valence-corrected chi connectivity index (χ4v) is 4.09. The fourth-order valence-electron chi connectivity index (χ4n) is 2.42. The lowest BCUT2D eigenvalue weighted by Gasteiger charge is -2.34. The molecule has 5 nitrogen and oxygen atoms in total. The number of benzene rings is 1. The molecule has 1 amide bonds. The Morgan fingerprint density at radius 1 is 1.38 bits per heavy atom. The third-order valence-electron chi connectivity index (χ3n) is 3.71. The zero-order valence-electron chi connectivity index (χ0n) is 11.4. The highest BCUT2D eigenvalue weighted by Crippen LogP contribution is 2.30. The van der Waals surface area contributed by atoms with Crippen LogP contribution in [0.3, 0.4) is 0 Å². The Labute approximate surface area is 131 Å². The standard InChI is InChI=1S/C13H16BrFN2O3S/c1-21(19,20)13(4-6-16-7-5-13)12(18)17-11-3-2-9(14)8-10(11)15/h2-3,8,16H,4-7H2,1H3,(H,17,18). The summed E-state index contributed by atoms with van der Waals surface area (Å²) in [7, 11) is -3.61. The summed E-state index contributed by atoms with van der Waals surface area (Å²) >= 11 is 3.12. The number of amides is 1. The summed E-state index contributed by atoms with van der Waals surface area (Å²) in [6.07, 6.45) is 1.40. The molecule has 1 aromatic carbocycles. The van der Waals surface area contributed by atoms with E-state index < -0.39 is 26.3 Å². The lowest BCUT2D eigenvalue weighted by Crippen LogP contribution is -2.55. The van der Waals surface area contributed by atoms with Gasteiger partial charge in [0.1, 0.15) is 5.82 Å². The summed E-state index contributed by atoms with van der Waals surface area (Å²) in [5, 5.41) is 5.44. The molecule has 21 heavy (non-hydrogen) atoms. The van der Waals surface area contributed by atoms with Crippen LogP contribution in [0.5, 0.6) is 0 Å². The largest absolute Gasteiger partial charge is 0.322 e. The van der Waals surface area contributed by atoms with Crippen LogP contribution in [0.4, 0.5) is 10.1 Å². The predicted octanol–water partition coefficient (Wildman–Crippen LogP) is 1.69. The van der Waals surface area contributed by atoms with Crippen molar-refractivity contribution in [1.82, 2.24) is 5.32 Å². The van der Waals surface area contributed by atoms with Crippen molar-refractivity contribution < 1.29 is 17.6 Å². The van der Waals surface area contributed by atoms with Gasteiger partial charge in [0.15, 0.2) is 14.6 Å². The first-order valence-corrected chi connectivity index (χ1v) is 9.11. The van der Waals surface area contributed by atoms with Crippen LogP contribution in [0.1, 0.15) is 12.8 Å². The molecule has 1 saturated heterocycles. The Morgan fingerprint density at radius 2 is 2.00 bits per heavy atom. The van der Waals surface area contributed by atoms with Gasteiger partial charge in [0.25, 0.3) is 0 Å². The lowest BCUT2D eigenvalue weighted by atomic mass is 9.95. The Kier molecular flexibility index (Phi) is 4.69. The smallest absolute Gasteiger partial charge is 0.246 e. The highest BCUT2D eigenvalue weighted by molar-refractivity contribution is 9.10. The maximum Gasteiger partial charge on any atom is 0.246 e. The van der Waals surface area contributed by atoms with Crippen molar-refractivity contribution in [3.05, 3.63) is 28.5 Å². The van der Waals surface area contributed by atoms with E-state index in [9.17, 15) is 17.6 Å². The summed E-state index contributed by atoms with van der Waals surface area (Å²) in [5.41, 5.74) is -0.0234. The number of piperidine rings is 1. The van der Waals surface area contributed by atoms with Gasteiger partial charge >= 0.3 is 0 Å². The molecule has 2 N–H and O–H groups in total. The third-order valence-corrected chi connectivity index (χ3v) is 6.22. The van der Waals surface area contributed by atoms with E-state index in [1.54, 1.807) is 6.07 Å². The predicted molar refractivity (Wildman–Crippen MR) is 82.4 cm³/mol. The number of halogens is 2. The first-order valence-electron chi connectivity index (χ1n) is 6.43. The van der Waals surface area contributed by atoms with E-state index in [4.69, 9.17) is 0 Å². The topological polar surface area (TPSA) is 75.3 Å². The zero-order chi connectivity index (χ0) is 15.7. The van der Waals surface area contributed by atoms with E-state index in [2.05, 4.69) is 26.6 Å². The minimum absolute atomic E-state index is 0.0234. The number of nitrogens with one attached hydrogen (secondary N) is 2. The summed E-state index contributed by atoms with van der Waals surface area (Å²) in [6, 6.07) is 4.19. The van der Waals surface area contributed by atoms with Crippen molar-refractivity contribution >= 4 is 37.4 Å². The van der Waals surface area contributed by atoms with Crippen molar-refractivity contribution in [3.8, 4) is 0 Å². The van der Waals surface area contributed by atoms with Gasteiger partial charge in [-0.15, -0.1) is 0 Å². The van der Waals surface area contributed by atoms with Crippen LogP contribution in [-0.2, 0) is 14.6 Å². The van der Waals surface area contributed by atoms with E-state index in [1.807, 2.05) is 0 Å². The molecule has 0 bridgehead atoms. The van der Waals surface area contributed by atoms with Gasteiger partial charge in [-0.2, -0.15) is 0 Å². The van der Waals surface area contributed by atoms with Crippen molar-refractivity contribution in [3.63, 3.8) is 0 Å². The summed E-state index contributed by atoms with van der Waals surface area (Å²) < 4.78 is 37.0. The van der Waals surface area contributed by atoms with Gasteiger partial charge in [-0.25, -0.2) is 12.8 Å². The monoisotopic (exact) mass is 378 g/mol. The molecule has 0 spiro atoms. The highest BCUT2D eigenvalue weighted by atomic mass is 79.9. The SMILES string of the molecule is CS(=O)(=O)C1(C(=O)Nc2ccc(Br)cc2F)CCNCC1. The minimum Gasteiger partial charge on any atom is -0.322 e. The maximum atomic E-state index is 13.8. The molecule has 1 aliphatic rings. The van der Waals surface area contributed by atoms with Crippen LogP contribution in [0.15, 0.2) is 22.7 Å². The number of carbonyl (C=O) groups excluding carboxylic acids is 1.